The molecule has 0 atom stereocenters. The number of rotatable bonds is 4. The van der Waals surface area contributed by atoms with Gasteiger partial charge in [0.2, 0.25) is 10.9 Å². The van der Waals surface area contributed by atoms with Crippen molar-refractivity contribution in [2.24, 2.45) is 7.05 Å². The third-order valence-corrected chi connectivity index (χ3v) is 4.26. The molecule has 11 heteroatoms. The molecule has 0 unspecified atom stereocenters. The number of aryl methyl sites for hydroxylation is 2. The van der Waals surface area contributed by atoms with E-state index in [1.165, 1.54) is 7.05 Å². The van der Waals surface area contributed by atoms with Crippen LogP contribution < -0.4 is 4.72 Å². The maximum absolute atomic E-state index is 12.0. The molecule has 98 valence electrons. The van der Waals surface area contributed by atoms with E-state index in [-0.39, 0.29) is 22.1 Å². The quantitative estimate of drug-likeness (QED) is 0.817. The van der Waals surface area contributed by atoms with Crippen molar-refractivity contribution in [1.82, 2.24) is 29.9 Å². The molecule has 1 N–H and O–H groups in total. The van der Waals surface area contributed by atoms with Crippen molar-refractivity contribution < 1.29 is 12.9 Å². The van der Waals surface area contributed by atoms with Gasteiger partial charge in [-0.25, -0.2) is 17.8 Å². The number of hydrogen-bond donors (Lipinski definition) is 1. The summed E-state index contributed by atoms with van der Waals surface area (Å²) in [4.78, 5) is 3.89. The van der Waals surface area contributed by atoms with Crippen LogP contribution in [0.3, 0.4) is 0 Å². The number of nitrogens with one attached hydrogen (secondary N) is 1. The molecule has 0 aliphatic heterocycles. The monoisotopic (exact) mass is 336 g/mol. The summed E-state index contributed by atoms with van der Waals surface area (Å²) < 4.78 is 32.4. The molecule has 2 rings (SSSR count). The molecule has 0 aromatic carbocycles. The molecule has 9 nitrogen and oxygen atoms in total. The summed E-state index contributed by atoms with van der Waals surface area (Å²) in [5.41, 5.74) is 0. The van der Waals surface area contributed by atoms with Crippen LogP contribution in [0.2, 0.25) is 0 Å². The summed E-state index contributed by atoms with van der Waals surface area (Å²) in [6.07, 6.45) is 0. The summed E-state index contributed by atoms with van der Waals surface area (Å²) in [6, 6.07) is 0. The second-order valence-electron chi connectivity index (χ2n) is 3.37. The highest BCUT2D eigenvalue weighted by molar-refractivity contribution is 9.10. The minimum atomic E-state index is -3.75. The van der Waals surface area contributed by atoms with Gasteiger partial charge in [0, 0.05) is 7.05 Å². The molecule has 0 bridgehead atoms. The van der Waals surface area contributed by atoms with Gasteiger partial charge in [0.05, 0.1) is 6.54 Å². The van der Waals surface area contributed by atoms with Crippen LogP contribution in [0.4, 0.5) is 0 Å². The summed E-state index contributed by atoms with van der Waals surface area (Å²) in [7, 11) is -2.28. The maximum atomic E-state index is 12.0. The predicted octanol–water partition coefficient (Wildman–Crippen LogP) is -0.252. The minimum Gasteiger partial charge on any atom is -0.338 e. The Morgan fingerprint density at radius 3 is 2.72 bits per heavy atom. The van der Waals surface area contributed by atoms with Crippen LogP contribution in [-0.2, 0) is 23.6 Å². The van der Waals surface area contributed by atoms with Gasteiger partial charge in [-0.2, -0.15) is 4.98 Å². The fraction of sp³-hybridized carbons (Fsp3) is 0.429. The molecular weight excluding hydrogens is 328 g/mol. The normalized spacial score (nSPS) is 11.9. The van der Waals surface area contributed by atoms with E-state index >= 15 is 0 Å². The minimum absolute atomic E-state index is 0.0706. The molecule has 0 aliphatic carbocycles. The second kappa shape index (κ2) is 4.74. The lowest BCUT2D eigenvalue weighted by molar-refractivity contribution is 0.371. The van der Waals surface area contributed by atoms with Gasteiger partial charge in [-0.05, 0) is 22.9 Å². The van der Waals surface area contributed by atoms with Crippen LogP contribution in [0, 0.1) is 6.92 Å². The van der Waals surface area contributed by atoms with Gasteiger partial charge < -0.3 is 4.52 Å². The van der Waals surface area contributed by atoms with Crippen molar-refractivity contribution in [3.63, 3.8) is 0 Å². The Morgan fingerprint density at radius 1 is 1.50 bits per heavy atom. The lowest BCUT2D eigenvalue weighted by Crippen LogP contribution is -2.25. The van der Waals surface area contributed by atoms with Gasteiger partial charge in [-0.3, -0.25) is 0 Å². The molecule has 0 spiro atoms. The van der Waals surface area contributed by atoms with Gasteiger partial charge in [0.1, 0.15) is 0 Å². The first-order valence-electron chi connectivity index (χ1n) is 4.74. The Labute approximate surface area is 111 Å². The highest BCUT2D eigenvalue weighted by Crippen LogP contribution is 2.17. The SMILES string of the molecule is Cc1noc(CNS(=O)(=O)c2c(Br)nnn2C)n1. The molecule has 2 heterocycles. The van der Waals surface area contributed by atoms with E-state index in [0.29, 0.717) is 5.82 Å². The number of nitrogens with zero attached hydrogens (tertiary/aromatic N) is 5. The van der Waals surface area contributed by atoms with Crippen LogP contribution >= 0.6 is 15.9 Å². The van der Waals surface area contributed by atoms with Crippen LogP contribution in [0.1, 0.15) is 11.7 Å². The van der Waals surface area contributed by atoms with Gasteiger partial charge in [-0.15, -0.1) is 5.10 Å². The lowest BCUT2D eigenvalue weighted by atomic mass is 10.6. The zero-order valence-electron chi connectivity index (χ0n) is 9.45. The van der Waals surface area contributed by atoms with E-state index in [9.17, 15) is 8.42 Å². The molecule has 2 aromatic heterocycles. The smallest absolute Gasteiger partial charge is 0.261 e. The third kappa shape index (κ3) is 2.57. The highest BCUT2D eigenvalue weighted by atomic mass is 79.9. The van der Waals surface area contributed by atoms with Crippen molar-refractivity contribution in [3.8, 4) is 0 Å². The molecule has 0 fully saturated rings. The van der Waals surface area contributed by atoms with Gasteiger partial charge in [0.25, 0.3) is 10.0 Å². The van der Waals surface area contributed by atoms with E-state index < -0.39 is 10.0 Å². The van der Waals surface area contributed by atoms with Gasteiger partial charge in [-0.1, -0.05) is 10.4 Å². The zero-order valence-corrected chi connectivity index (χ0v) is 11.9. The van der Waals surface area contributed by atoms with Crippen molar-refractivity contribution >= 4 is 26.0 Å². The maximum Gasteiger partial charge on any atom is 0.261 e. The fourth-order valence-electron chi connectivity index (χ4n) is 1.24. The Morgan fingerprint density at radius 2 is 2.22 bits per heavy atom. The second-order valence-corrected chi connectivity index (χ2v) is 5.80. The highest BCUT2D eigenvalue weighted by Gasteiger charge is 2.24. The van der Waals surface area contributed by atoms with Crippen molar-refractivity contribution in [2.45, 2.75) is 18.5 Å². The third-order valence-electron chi connectivity index (χ3n) is 1.97. The molecule has 18 heavy (non-hydrogen) atoms. The molecule has 0 saturated carbocycles. The molecule has 2 aromatic rings. The Bertz CT molecular complexity index is 643. The van der Waals surface area contributed by atoms with E-state index in [1.807, 2.05) is 0 Å². The first-order valence-corrected chi connectivity index (χ1v) is 7.02. The summed E-state index contributed by atoms with van der Waals surface area (Å²) in [6.45, 7) is 1.55. The van der Waals surface area contributed by atoms with Crippen LogP contribution in [0.25, 0.3) is 0 Å². The number of halogens is 1. The van der Waals surface area contributed by atoms with Crippen molar-refractivity contribution in [3.05, 3.63) is 16.3 Å². The Kier molecular flexibility index (Phi) is 3.45. The fourth-order valence-corrected chi connectivity index (χ4v) is 3.31. The lowest BCUT2D eigenvalue weighted by Gasteiger charge is -2.03. The van der Waals surface area contributed by atoms with Crippen LogP contribution in [0.5, 0.6) is 0 Å². The Hall–Kier alpha value is -1.33. The van der Waals surface area contributed by atoms with E-state index in [1.54, 1.807) is 6.92 Å². The average molecular weight is 337 g/mol. The number of aromatic nitrogens is 5. The van der Waals surface area contributed by atoms with E-state index in [0.717, 1.165) is 4.68 Å². The topological polar surface area (TPSA) is 116 Å². The van der Waals surface area contributed by atoms with Gasteiger partial charge in [0.15, 0.2) is 10.4 Å². The number of sulfonamides is 1. The van der Waals surface area contributed by atoms with Crippen LogP contribution in [0.15, 0.2) is 14.2 Å². The molecule has 0 radical (unpaired) electrons. The molecule has 0 saturated heterocycles. The first-order chi connectivity index (χ1) is 8.40. The summed E-state index contributed by atoms with van der Waals surface area (Å²) in [5, 5.41) is 10.7. The molecule has 0 amide bonds. The number of hydrogen-bond acceptors (Lipinski definition) is 7. The van der Waals surface area contributed by atoms with E-state index in [2.05, 4.69) is 41.1 Å². The van der Waals surface area contributed by atoms with Gasteiger partial charge >= 0.3 is 0 Å². The van der Waals surface area contributed by atoms with E-state index in [4.69, 9.17) is 4.52 Å². The Balaban J connectivity index is 2.18. The first kappa shape index (κ1) is 13.1. The summed E-state index contributed by atoms with van der Waals surface area (Å²) >= 11 is 3.02. The molecule has 0 aliphatic rings. The molecular formula is C7H9BrN6O3S. The van der Waals surface area contributed by atoms with Crippen LogP contribution in [-0.4, -0.2) is 33.6 Å². The summed E-state index contributed by atoms with van der Waals surface area (Å²) in [5.74, 6) is 0.620. The van der Waals surface area contributed by atoms with Crippen molar-refractivity contribution in [1.29, 1.82) is 0 Å². The predicted molar refractivity (Wildman–Crippen MR) is 61.8 cm³/mol. The van der Waals surface area contributed by atoms with Crippen molar-refractivity contribution in [2.75, 3.05) is 0 Å². The standard InChI is InChI=1S/C7H9BrN6O3S/c1-4-10-5(17-12-4)3-9-18(15,16)7-6(8)11-13-14(7)2/h9H,3H2,1-2H3. The largest absolute Gasteiger partial charge is 0.338 e. The zero-order chi connectivity index (χ0) is 13.3. The average Bonchev–Trinajstić information content (AvgIpc) is 2.83.